The van der Waals surface area contributed by atoms with Crippen molar-refractivity contribution in [2.24, 2.45) is 0 Å². The molecule has 0 bridgehead atoms. The van der Waals surface area contributed by atoms with Gasteiger partial charge in [-0.2, -0.15) is 0 Å². The standard InChI is InChI=1S/C16H31N/c1-3-4-5-6-7-8-9-12-16(2)15-17-13-10-11-14-17/h15H,3-14H2,1-2H3. The van der Waals surface area contributed by atoms with Crippen molar-refractivity contribution in [1.29, 1.82) is 0 Å². The van der Waals surface area contributed by atoms with Crippen molar-refractivity contribution in [2.75, 3.05) is 13.1 Å². The van der Waals surface area contributed by atoms with Gasteiger partial charge >= 0.3 is 0 Å². The van der Waals surface area contributed by atoms with E-state index in [1.54, 1.807) is 5.57 Å². The van der Waals surface area contributed by atoms with E-state index in [4.69, 9.17) is 0 Å². The summed E-state index contributed by atoms with van der Waals surface area (Å²) in [5.41, 5.74) is 1.58. The third-order valence-electron chi connectivity index (χ3n) is 3.72. The molecule has 0 spiro atoms. The summed E-state index contributed by atoms with van der Waals surface area (Å²) < 4.78 is 0. The largest absolute Gasteiger partial charge is 0.377 e. The lowest BCUT2D eigenvalue weighted by molar-refractivity contribution is 0.461. The first kappa shape index (κ1) is 14.6. The molecule has 1 rings (SSSR count). The van der Waals surface area contributed by atoms with E-state index in [1.807, 2.05) is 0 Å². The average Bonchev–Trinajstić information content (AvgIpc) is 2.80. The van der Waals surface area contributed by atoms with Crippen LogP contribution in [0.1, 0.15) is 78.1 Å². The summed E-state index contributed by atoms with van der Waals surface area (Å²) in [4.78, 5) is 2.50. The van der Waals surface area contributed by atoms with Crippen LogP contribution in [0.3, 0.4) is 0 Å². The van der Waals surface area contributed by atoms with Gasteiger partial charge in [0.05, 0.1) is 0 Å². The summed E-state index contributed by atoms with van der Waals surface area (Å²) in [7, 11) is 0. The van der Waals surface area contributed by atoms with E-state index in [9.17, 15) is 0 Å². The van der Waals surface area contributed by atoms with Gasteiger partial charge < -0.3 is 4.90 Å². The van der Waals surface area contributed by atoms with Crippen LogP contribution >= 0.6 is 0 Å². The lowest BCUT2D eigenvalue weighted by Crippen LogP contribution is -2.11. The van der Waals surface area contributed by atoms with Gasteiger partial charge in [0.25, 0.3) is 0 Å². The molecule has 0 atom stereocenters. The van der Waals surface area contributed by atoms with Gasteiger partial charge in [-0.05, 0) is 38.8 Å². The molecule has 0 radical (unpaired) electrons. The van der Waals surface area contributed by atoms with E-state index >= 15 is 0 Å². The van der Waals surface area contributed by atoms with Crippen molar-refractivity contribution >= 4 is 0 Å². The molecule has 1 aliphatic heterocycles. The molecule has 100 valence electrons. The van der Waals surface area contributed by atoms with Gasteiger partial charge in [0.2, 0.25) is 0 Å². The fraction of sp³-hybridized carbons (Fsp3) is 0.875. The lowest BCUT2D eigenvalue weighted by atomic mass is 10.1. The Labute approximate surface area is 108 Å². The fourth-order valence-electron chi connectivity index (χ4n) is 2.61. The van der Waals surface area contributed by atoms with Crippen LogP contribution < -0.4 is 0 Å². The first-order valence-electron chi connectivity index (χ1n) is 7.74. The van der Waals surface area contributed by atoms with Gasteiger partial charge in [-0.15, -0.1) is 0 Å². The van der Waals surface area contributed by atoms with Crippen molar-refractivity contribution in [3.8, 4) is 0 Å². The Hall–Kier alpha value is -0.460. The molecular formula is C16H31N. The number of allylic oxidation sites excluding steroid dienone is 1. The minimum absolute atomic E-state index is 1.29. The molecule has 0 aliphatic carbocycles. The Morgan fingerprint density at radius 2 is 1.53 bits per heavy atom. The number of hydrogen-bond acceptors (Lipinski definition) is 1. The first-order chi connectivity index (χ1) is 8.33. The third kappa shape index (κ3) is 7.46. The Kier molecular flexibility index (Phi) is 8.21. The molecule has 1 saturated heterocycles. The maximum Gasteiger partial charge on any atom is 0.0173 e. The van der Waals surface area contributed by atoms with Gasteiger partial charge in [0, 0.05) is 13.1 Å². The predicted molar refractivity (Wildman–Crippen MR) is 77.2 cm³/mol. The smallest absolute Gasteiger partial charge is 0.0173 e. The quantitative estimate of drug-likeness (QED) is 0.503. The monoisotopic (exact) mass is 237 g/mol. The Morgan fingerprint density at radius 3 is 2.18 bits per heavy atom. The maximum absolute atomic E-state index is 2.50. The van der Waals surface area contributed by atoms with Gasteiger partial charge in [-0.25, -0.2) is 0 Å². The van der Waals surface area contributed by atoms with Gasteiger partial charge in [-0.1, -0.05) is 51.0 Å². The maximum atomic E-state index is 2.50. The average molecular weight is 237 g/mol. The zero-order valence-corrected chi connectivity index (χ0v) is 12.0. The highest BCUT2D eigenvalue weighted by Gasteiger charge is 2.07. The normalized spacial score (nSPS) is 16.8. The second-order valence-electron chi connectivity index (χ2n) is 5.59. The van der Waals surface area contributed by atoms with E-state index in [1.165, 1.54) is 77.3 Å². The molecule has 0 aromatic heterocycles. The molecule has 1 fully saturated rings. The predicted octanol–water partition coefficient (Wildman–Crippen LogP) is 5.13. The topological polar surface area (TPSA) is 3.24 Å². The SMILES string of the molecule is CCCCCCCCCC(C)=CN1CCCC1. The van der Waals surface area contributed by atoms with E-state index in [0.29, 0.717) is 0 Å². The van der Waals surface area contributed by atoms with Crippen LogP contribution in [-0.2, 0) is 0 Å². The molecule has 0 aromatic rings. The minimum atomic E-state index is 1.29. The summed E-state index contributed by atoms with van der Waals surface area (Å²) in [6, 6.07) is 0. The highest BCUT2D eigenvalue weighted by molar-refractivity contribution is 4.98. The van der Waals surface area contributed by atoms with Gasteiger partial charge in [0.1, 0.15) is 0 Å². The lowest BCUT2D eigenvalue weighted by Gasteiger charge is -2.13. The van der Waals surface area contributed by atoms with Crippen LogP contribution in [-0.4, -0.2) is 18.0 Å². The first-order valence-corrected chi connectivity index (χ1v) is 7.74. The van der Waals surface area contributed by atoms with Crippen molar-refractivity contribution in [3.05, 3.63) is 11.8 Å². The molecule has 0 amide bonds. The number of hydrogen-bond donors (Lipinski definition) is 0. The van der Waals surface area contributed by atoms with Crippen LogP contribution in [0.5, 0.6) is 0 Å². The van der Waals surface area contributed by atoms with Crippen LogP contribution in [0, 0.1) is 0 Å². The molecule has 0 unspecified atom stereocenters. The van der Waals surface area contributed by atoms with Crippen LogP contribution in [0.4, 0.5) is 0 Å². The third-order valence-corrected chi connectivity index (χ3v) is 3.72. The zero-order valence-electron chi connectivity index (χ0n) is 12.0. The van der Waals surface area contributed by atoms with Gasteiger partial charge in [-0.3, -0.25) is 0 Å². The molecular weight excluding hydrogens is 206 g/mol. The molecule has 1 aliphatic rings. The number of nitrogens with zero attached hydrogens (tertiary/aromatic N) is 1. The zero-order chi connectivity index (χ0) is 12.3. The molecule has 1 heteroatoms. The van der Waals surface area contributed by atoms with Crippen molar-refractivity contribution in [1.82, 2.24) is 4.90 Å². The number of likely N-dealkylation sites (tertiary alicyclic amines) is 1. The summed E-state index contributed by atoms with van der Waals surface area (Å²) in [5.74, 6) is 0. The minimum Gasteiger partial charge on any atom is -0.377 e. The van der Waals surface area contributed by atoms with Crippen LogP contribution in [0.2, 0.25) is 0 Å². The highest BCUT2D eigenvalue weighted by atomic mass is 15.1. The molecule has 1 nitrogen and oxygen atoms in total. The molecule has 17 heavy (non-hydrogen) atoms. The van der Waals surface area contributed by atoms with Gasteiger partial charge in [0.15, 0.2) is 0 Å². The van der Waals surface area contributed by atoms with Crippen LogP contribution in [0.25, 0.3) is 0 Å². The molecule has 0 saturated carbocycles. The second-order valence-corrected chi connectivity index (χ2v) is 5.59. The van der Waals surface area contributed by atoms with E-state index in [-0.39, 0.29) is 0 Å². The van der Waals surface area contributed by atoms with E-state index < -0.39 is 0 Å². The summed E-state index contributed by atoms with van der Waals surface area (Å²) in [5, 5.41) is 0. The van der Waals surface area contributed by atoms with E-state index in [2.05, 4.69) is 24.9 Å². The van der Waals surface area contributed by atoms with Crippen molar-refractivity contribution in [2.45, 2.75) is 78.1 Å². The molecule has 1 heterocycles. The molecule has 0 N–H and O–H groups in total. The fourth-order valence-corrected chi connectivity index (χ4v) is 2.61. The molecule has 0 aromatic carbocycles. The van der Waals surface area contributed by atoms with E-state index in [0.717, 1.165) is 0 Å². The number of rotatable bonds is 9. The summed E-state index contributed by atoms with van der Waals surface area (Å²) in [6.07, 6.45) is 16.4. The second kappa shape index (κ2) is 9.56. The highest BCUT2D eigenvalue weighted by Crippen LogP contribution is 2.15. The number of unbranched alkanes of at least 4 members (excludes halogenated alkanes) is 6. The Bertz CT molecular complexity index is 202. The van der Waals surface area contributed by atoms with Crippen LogP contribution in [0.15, 0.2) is 11.8 Å². The summed E-state index contributed by atoms with van der Waals surface area (Å²) in [6.45, 7) is 7.16. The van der Waals surface area contributed by atoms with Crippen molar-refractivity contribution < 1.29 is 0 Å². The Balaban J connectivity index is 1.94. The Morgan fingerprint density at radius 1 is 0.941 bits per heavy atom. The summed E-state index contributed by atoms with van der Waals surface area (Å²) >= 11 is 0. The van der Waals surface area contributed by atoms with Crippen molar-refractivity contribution in [3.63, 3.8) is 0 Å².